The molecular formula is C12H16Br2N2O. The number of hydrogen-bond donors (Lipinski definition) is 2. The van der Waals surface area contributed by atoms with Gasteiger partial charge in [0.25, 0.3) is 0 Å². The Hall–Kier alpha value is -0.390. The van der Waals surface area contributed by atoms with E-state index in [2.05, 4.69) is 37.2 Å². The molecule has 3 nitrogen and oxygen atoms in total. The van der Waals surface area contributed by atoms with E-state index in [4.69, 9.17) is 5.73 Å². The normalized spacial score (nSPS) is 12.3. The molecule has 0 bridgehead atoms. The first-order chi connectivity index (χ1) is 7.99. The maximum atomic E-state index is 11.9. The Kier molecular flexibility index (Phi) is 5.62. The second-order valence-electron chi connectivity index (χ2n) is 3.93. The molecule has 1 rings (SSSR count). The third-order valence-electron chi connectivity index (χ3n) is 2.58. The summed E-state index contributed by atoms with van der Waals surface area (Å²) in [6, 6.07) is 3.92. The molecule has 1 atom stereocenters. The summed E-state index contributed by atoms with van der Waals surface area (Å²) in [4.78, 5) is 11.9. The van der Waals surface area contributed by atoms with Crippen molar-refractivity contribution in [2.75, 3.05) is 11.9 Å². The molecule has 0 saturated carbocycles. The molecule has 0 aliphatic heterocycles. The van der Waals surface area contributed by atoms with E-state index >= 15 is 0 Å². The predicted molar refractivity (Wildman–Crippen MR) is 78.0 cm³/mol. The van der Waals surface area contributed by atoms with Gasteiger partial charge in [-0.3, -0.25) is 4.79 Å². The van der Waals surface area contributed by atoms with Gasteiger partial charge in [0, 0.05) is 15.5 Å². The van der Waals surface area contributed by atoms with Crippen molar-refractivity contribution in [3.63, 3.8) is 0 Å². The van der Waals surface area contributed by atoms with E-state index in [1.165, 1.54) is 0 Å². The fraction of sp³-hybridized carbons (Fsp3) is 0.417. The third-order valence-corrected chi connectivity index (χ3v) is 3.83. The zero-order valence-electron chi connectivity index (χ0n) is 9.89. The third kappa shape index (κ3) is 3.79. The zero-order chi connectivity index (χ0) is 13.0. The van der Waals surface area contributed by atoms with Crippen LogP contribution >= 0.6 is 31.9 Å². The van der Waals surface area contributed by atoms with Crippen LogP contribution < -0.4 is 11.1 Å². The van der Waals surface area contributed by atoms with E-state index in [0.29, 0.717) is 6.54 Å². The van der Waals surface area contributed by atoms with E-state index in [9.17, 15) is 4.79 Å². The van der Waals surface area contributed by atoms with E-state index in [1.54, 1.807) is 0 Å². The number of rotatable bonds is 4. The largest absolute Gasteiger partial charge is 0.330 e. The van der Waals surface area contributed by atoms with Gasteiger partial charge < -0.3 is 11.1 Å². The van der Waals surface area contributed by atoms with E-state index in [0.717, 1.165) is 26.6 Å². The summed E-state index contributed by atoms with van der Waals surface area (Å²) in [6.45, 7) is 4.32. The van der Waals surface area contributed by atoms with Crippen LogP contribution in [0.2, 0.25) is 0 Å². The van der Waals surface area contributed by atoms with E-state index < -0.39 is 0 Å². The monoisotopic (exact) mass is 362 g/mol. The molecule has 0 radical (unpaired) electrons. The van der Waals surface area contributed by atoms with Crippen molar-refractivity contribution >= 4 is 43.5 Å². The minimum atomic E-state index is -0.143. The first-order valence-corrected chi connectivity index (χ1v) is 7.04. The molecule has 0 saturated heterocycles. The first kappa shape index (κ1) is 14.7. The average Bonchev–Trinajstić information content (AvgIpc) is 2.25. The fourth-order valence-corrected chi connectivity index (χ4v) is 3.12. The Morgan fingerprint density at radius 2 is 1.94 bits per heavy atom. The van der Waals surface area contributed by atoms with Gasteiger partial charge >= 0.3 is 0 Å². The lowest BCUT2D eigenvalue weighted by molar-refractivity contribution is -0.119. The molecule has 17 heavy (non-hydrogen) atoms. The van der Waals surface area contributed by atoms with Gasteiger partial charge in [0.05, 0.1) is 11.6 Å². The number of amides is 1. The number of benzene rings is 1. The zero-order valence-corrected chi connectivity index (χ0v) is 13.1. The number of hydrogen-bond acceptors (Lipinski definition) is 2. The Balaban J connectivity index is 2.92. The number of carbonyl (C=O) groups is 1. The molecule has 0 heterocycles. The smallest absolute Gasteiger partial charge is 0.228 e. The molecule has 1 unspecified atom stereocenters. The fourth-order valence-electron chi connectivity index (χ4n) is 1.50. The van der Waals surface area contributed by atoms with Gasteiger partial charge in [0.15, 0.2) is 0 Å². The molecule has 1 amide bonds. The van der Waals surface area contributed by atoms with E-state index in [-0.39, 0.29) is 11.8 Å². The second kappa shape index (κ2) is 6.52. The Labute approximate surface area is 118 Å². The Bertz CT molecular complexity index is 394. The van der Waals surface area contributed by atoms with Crippen LogP contribution in [-0.2, 0) is 4.79 Å². The number of anilines is 1. The van der Waals surface area contributed by atoms with Gasteiger partial charge in [-0.05, 0) is 62.9 Å². The highest BCUT2D eigenvalue weighted by Crippen LogP contribution is 2.32. The Morgan fingerprint density at radius 3 is 2.35 bits per heavy atom. The molecule has 5 heteroatoms. The summed E-state index contributed by atoms with van der Waals surface area (Å²) in [6.07, 6.45) is 0.740. The minimum Gasteiger partial charge on any atom is -0.330 e. The van der Waals surface area contributed by atoms with Crippen molar-refractivity contribution in [2.45, 2.75) is 20.3 Å². The van der Waals surface area contributed by atoms with Gasteiger partial charge in [-0.15, -0.1) is 0 Å². The van der Waals surface area contributed by atoms with E-state index in [1.807, 2.05) is 26.0 Å². The molecule has 0 aromatic heterocycles. The van der Waals surface area contributed by atoms with Crippen LogP contribution in [0.3, 0.4) is 0 Å². The van der Waals surface area contributed by atoms with Gasteiger partial charge in [-0.2, -0.15) is 0 Å². The predicted octanol–water partition coefficient (Wildman–Crippen LogP) is 3.44. The second-order valence-corrected chi connectivity index (χ2v) is 5.64. The van der Waals surface area contributed by atoms with Crippen molar-refractivity contribution in [2.24, 2.45) is 11.7 Å². The van der Waals surface area contributed by atoms with Crippen LogP contribution in [-0.4, -0.2) is 12.5 Å². The van der Waals surface area contributed by atoms with Crippen LogP contribution in [0.15, 0.2) is 21.1 Å². The topological polar surface area (TPSA) is 55.1 Å². The lowest BCUT2D eigenvalue weighted by Gasteiger charge is -2.15. The van der Waals surface area contributed by atoms with Crippen molar-refractivity contribution in [1.82, 2.24) is 0 Å². The summed E-state index contributed by atoms with van der Waals surface area (Å²) < 4.78 is 1.73. The lowest BCUT2D eigenvalue weighted by atomic mass is 10.1. The van der Waals surface area contributed by atoms with Crippen LogP contribution in [0, 0.1) is 12.8 Å². The van der Waals surface area contributed by atoms with Gasteiger partial charge in [-0.1, -0.05) is 6.92 Å². The van der Waals surface area contributed by atoms with Crippen molar-refractivity contribution in [3.05, 3.63) is 26.6 Å². The van der Waals surface area contributed by atoms with Gasteiger partial charge in [0.1, 0.15) is 0 Å². The van der Waals surface area contributed by atoms with Crippen molar-refractivity contribution in [1.29, 1.82) is 0 Å². The summed E-state index contributed by atoms with van der Waals surface area (Å²) in [7, 11) is 0. The maximum Gasteiger partial charge on any atom is 0.228 e. The molecule has 0 aliphatic rings. The van der Waals surface area contributed by atoms with Gasteiger partial charge in [-0.25, -0.2) is 0 Å². The summed E-state index contributed by atoms with van der Waals surface area (Å²) >= 11 is 6.89. The van der Waals surface area contributed by atoms with Crippen molar-refractivity contribution in [3.8, 4) is 0 Å². The SMILES string of the molecule is CCC(CN)C(=O)Nc1c(Br)cc(C)cc1Br. The molecule has 0 aliphatic carbocycles. The number of halogens is 2. The minimum absolute atomic E-state index is 0.0414. The summed E-state index contributed by atoms with van der Waals surface area (Å²) in [5.74, 6) is -0.185. The maximum absolute atomic E-state index is 11.9. The molecule has 1 aromatic carbocycles. The number of aryl methyl sites for hydroxylation is 1. The highest BCUT2D eigenvalue weighted by Gasteiger charge is 2.17. The quantitative estimate of drug-likeness (QED) is 0.860. The van der Waals surface area contributed by atoms with Gasteiger partial charge in [0.2, 0.25) is 5.91 Å². The average molecular weight is 364 g/mol. The van der Waals surface area contributed by atoms with Crippen LogP contribution in [0.1, 0.15) is 18.9 Å². The standard InChI is InChI=1S/C12H16Br2N2O/c1-3-8(6-15)12(17)16-11-9(13)4-7(2)5-10(11)14/h4-5,8H,3,6,15H2,1-2H3,(H,16,17). The molecule has 3 N–H and O–H groups in total. The van der Waals surface area contributed by atoms with Crippen molar-refractivity contribution < 1.29 is 4.79 Å². The first-order valence-electron chi connectivity index (χ1n) is 5.46. The summed E-state index contributed by atoms with van der Waals surface area (Å²) in [5, 5.41) is 2.89. The Morgan fingerprint density at radius 1 is 1.41 bits per heavy atom. The number of nitrogens with two attached hydrogens (primary N) is 1. The van der Waals surface area contributed by atoms with Crippen LogP contribution in [0.4, 0.5) is 5.69 Å². The lowest BCUT2D eigenvalue weighted by Crippen LogP contribution is -2.28. The molecule has 94 valence electrons. The highest BCUT2D eigenvalue weighted by atomic mass is 79.9. The summed E-state index contributed by atoms with van der Waals surface area (Å²) in [5.41, 5.74) is 7.43. The highest BCUT2D eigenvalue weighted by molar-refractivity contribution is 9.11. The number of carbonyl (C=O) groups excluding carboxylic acids is 1. The molecular weight excluding hydrogens is 348 g/mol. The van der Waals surface area contributed by atoms with Crippen LogP contribution in [0.25, 0.3) is 0 Å². The molecule has 0 fully saturated rings. The molecule has 1 aromatic rings. The van der Waals surface area contributed by atoms with Crippen LogP contribution in [0.5, 0.6) is 0 Å². The molecule has 0 spiro atoms. The number of nitrogens with one attached hydrogen (secondary N) is 1.